The van der Waals surface area contributed by atoms with Crippen LogP contribution in [-0.4, -0.2) is 30.9 Å². The number of rotatable bonds is 3. The number of likely N-dealkylation sites (N-methyl/N-ethyl adjacent to an activating group) is 1. The van der Waals surface area contributed by atoms with Crippen LogP contribution in [0.1, 0.15) is 17.5 Å². The van der Waals surface area contributed by atoms with Crippen molar-refractivity contribution in [3.63, 3.8) is 0 Å². The predicted molar refractivity (Wildman–Crippen MR) is 94.9 cm³/mol. The van der Waals surface area contributed by atoms with E-state index in [1.807, 2.05) is 6.92 Å². The van der Waals surface area contributed by atoms with Crippen LogP contribution < -0.4 is 10.5 Å². The molecule has 0 aromatic heterocycles. The smallest absolute Gasteiger partial charge is 0.266 e. The van der Waals surface area contributed by atoms with Crippen LogP contribution in [0.2, 0.25) is 0 Å². The lowest BCUT2D eigenvalue weighted by atomic mass is 9.81. The molecule has 26 heavy (non-hydrogen) atoms. The lowest BCUT2D eigenvalue weighted by Gasteiger charge is -2.27. The van der Waals surface area contributed by atoms with Crippen LogP contribution in [0.5, 0.6) is 5.75 Å². The van der Waals surface area contributed by atoms with E-state index in [2.05, 4.69) is 4.99 Å². The fraction of sp³-hybridized carbons (Fsp3) is 0.263. The van der Waals surface area contributed by atoms with Crippen molar-refractivity contribution in [2.75, 3.05) is 14.2 Å². The molecule has 1 atom stereocenters. The quantitative estimate of drug-likeness (QED) is 0.902. The molecule has 7 heteroatoms. The van der Waals surface area contributed by atoms with Crippen LogP contribution in [-0.2, 0) is 10.3 Å². The highest BCUT2D eigenvalue weighted by Crippen LogP contribution is 2.43. The molecule has 3 rings (SSSR count). The fourth-order valence-electron chi connectivity index (χ4n) is 3.20. The summed E-state index contributed by atoms with van der Waals surface area (Å²) in [6.07, 6.45) is 3.25. The van der Waals surface area contributed by atoms with Gasteiger partial charge in [0.2, 0.25) is 0 Å². The number of benzene rings is 1. The Balaban J connectivity index is 2.25. The Morgan fingerprint density at radius 2 is 2.04 bits per heavy atom. The molecule has 136 valence electrons. The van der Waals surface area contributed by atoms with Crippen LogP contribution >= 0.6 is 0 Å². The van der Waals surface area contributed by atoms with Gasteiger partial charge in [-0.25, -0.2) is 13.8 Å². The third-order valence-corrected chi connectivity index (χ3v) is 4.58. The summed E-state index contributed by atoms with van der Waals surface area (Å²) >= 11 is 0. The standard InChI is InChI=1S/C19H19F2N3O2/c1-11-8-12(5-7-16(11)26-3)19(17(25)24(2)18(22)23-19)13-4-6-14(20)10-15(21)9-13/h4-5,7-10H,6H2,1-3H3,(H2,22,23). The van der Waals surface area contributed by atoms with Gasteiger partial charge in [0.25, 0.3) is 5.91 Å². The van der Waals surface area contributed by atoms with E-state index in [4.69, 9.17) is 10.5 Å². The molecule has 0 spiro atoms. The Hall–Kier alpha value is -2.96. The van der Waals surface area contributed by atoms with Gasteiger partial charge in [-0.05, 0) is 41.8 Å². The first-order valence-electron chi connectivity index (χ1n) is 8.02. The number of ether oxygens (including phenoxy) is 1. The second kappa shape index (κ2) is 6.40. The Morgan fingerprint density at radius 1 is 1.31 bits per heavy atom. The summed E-state index contributed by atoms with van der Waals surface area (Å²) in [5.74, 6) is -1.20. The van der Waals surface area contributed by atoms with Crippen LogP contribution in [0, 0.1) is 6.92 Å². The van der Waals surface area contributed by atoms with Crippen molar-refractivity contribution in [3.8, 4) is 5.75 Å². The van der Waals surface area contributed by atoms with Gasteiger partial charge in [0.15, 0.2) is 11.5 Å². The van der Waals surface area contributed by atoms with Gasteiger partial charge in [0.1, 0.15) is 17.4 Å². The molecule has 1 amide bonds. The first-order chi connectivity index (χ1) is 12.3. The number of hydrogen-bond donors (Lipinski definition) is 1. The highest BCUT2D eigenvalue weighted by Gasteiger charge is 2.50. The number of nitrogens with zero attached hydrogens (tertiary/aromatic N) is 2. The molecule has 1 aliphatic heterocycles. The maximum absolute atomic E-state index is 14.1. The van der Waals surface area contributed by atoms with Gasteiger partial charge in [-0.3, -0.25) is 9.69 Å². The minimum Gasteiger partial charge on any atom is -0.496 e. The lowest BCUT2D eigenvalue weighted by molar-refractivity contribution is -0.129. The minimum atomic E-state index is -1.56. The van der Waals surface area contributed by atoms with E-state index >= 15 is 0 Å². The van der Waals surface area contributed by atoms with Crippen LogP contribution in [0.15, 0.2) is 58.6 Å². The molecule has 2 N–H and O–H groups in total. The third kappa shape index (κ3) is 2.69. The summed E-state index contributed by atoms with van der Waals surface area (Å²) in [7, 11) is 3.04. The monoisotopic (exact) mass is 359 g/mol. The SMILES string of the molecule is COc1ccc(C2(C3=CCC(F)=CC(F)=C3)N=C(N)N(C)C2=O)cc1C. The summed E-state index contributed by atoms with van der Waals surface area (Å²) in [6.45, 7) is 1.82. The number of carbonyl (C=O) groups is 1. The second-order valence-electron chi connectivity index (χ2n) is 6.21. The van der Waals surface area contributed by atoms with Crippen molar-refractivity contribution >= 4 is 11.9 Å². The molecule has 1 unspecified atom stereocenters. The van der Waals surface area contributed by atoms with Crippen molar-refractivity contribution in [2.45, 2.75) is 18.9 Å². The van der Waals surface area contributed by atoms with Crippen molar-refractivity contribution in [3.05, 3.63) is 64.8 Å². The predicted octanol–water partition coefficient (Wildman–Crippen LogP) is 3.02. The van der Waals surface area contributed by atoms with E-state index < -0.39 is 23.1 Å². The summed E-state index contributed by atoms with van der Waals surface area (Å²) in [5, 5.41) is 0. The van der Waals surface area contributed by atoms with Crippen molar-refractivity contribution in [1.82, 2.24) is 4.90 Å². The lowest BCUT2D eigenvalue weighted by Crippen LogP contribution is -2.41. The number of aliphatic imine (C=N–C) groups is 1. The molecule has 1 aromatic rings. The van der Waals surface area contributed by atoms with E-state index in [9.17, 15) is 13.6 Å². The second-order valence-corrected chi connectivity index (χ2v) is 6.21. The normalized spacial score (nSPS) is 23.1. The summed E-state index contributed by atoms with van der Waals surface area (Å²) in [6, 6.07) is 5.13. The van der Waals surface area contributed by atoms with Gasteiger partial charge in [0, 0.05) is 19.5 Å². The highest BCUT2D eigenvalue weighted by atomic mass is 19.1. The summed E-state index contributed by atoms with van der Waals surface area (Å²) in [4.78, 5) is 18.7. The van der Waals surface area contributed by atoms with Crippen LogP contribution in [0.4, 0.5) is 8.78 Å². The number of aryl methyl sites for hydroxylation is 1. The van der Waals surface area contributed by atoms with Crippen molar-refractivity contribution in [1.29, 1.82) is 0 Å². The van der Waals surface area contributed by atoms with Gasteiger partial charge in [0.05, 0.1) is 7.11 Å². The van der Waals surface area contributed by atoms with Crippen molar-refractivity contribution in [2.24, 2.45) is 10.7 Å². The third-order valence-electron chi connectivity index (χ3n) is 4.58. The number of nitrogens with two attached hydrogens (primary N) is 1. The first-order valence-corrected chi connectivity index (χ1v) is 8.02. The number of allylic oxidation sites excluding steroid dienone is 4. The maximum Gasteiger partial charge on any atom is 0.266 e. The molecule has 1 aliphatic carbocycles. The number of hydrogen-bond acceptors (Lipinski definition) is 4. The number of methoxy groups -OCH3 is 1. The molecule has 0 radical (unpaired) electrons. The molecular weight excluding hydrogens is 340 g/mol. The Bertz CT molecular complexity index is 902. The zero-order valence-corrected chi connectivity index (χ0v) is 14.7. The molecular formula is C19H19F2N3O2. The van der Waals surface area contributed by atoms with Gasteiger partial charge in [-0.1, -0.05) is 12.1 Å². The number of amides is 1. The highest BCUT2D eigenvalue weighted by molar-refractivity contribution is 6.09. The molecule has 1 heterocycles. The minimum absolute atomic E-state index is 0.0101. The van der Waals surface area contributed by atoms with Gasteiger partial charge >= 0.3 is 0 Å². The average Bonchev–Trinajstić information content (AvgIpc) is 2.73. The summed E-state index contributed by atoms with van der Waals surface area (Å²) < 4.78 is 33.0. The zero-order chi connectivity index (χ0) is 19.1. The topological polar surface area (TPSA) is 67.9 Å². The molecule has 0 saturated heterocycles. The number of carbonyl (C=O) groups excluding carboxylic acids is 1. The molecule has 1 aromatic carbocycles. The Labute approximate surface area is 150 Å². The first kappa shape index (κ1) is 17.8. The fourth-order valence-corrected chi connectivity index (χ4v) is 3.20. The largest absolute Gasteiger partial charge is 0.496 e. The number of guanidine groups is 1. The molecule has 0 bridgehead atoms. The maximum atomic E-state index is 14.1. The number of halogens is 2. The Kier molecular flexibility index (Phi) is 4.39. The van der Waals surface area contributed by atoms with Gasteiger partial charge in [-0.15, -0.1) is 0 Å². The molecule has 2 aliphatic rings. The Morgan fingerprint density at radius 3 is 2.62 bits per heavy atom. The van der Waals surface area contributed by atoms with Crippen LogP contribution in [0.25, 0.3) is 0 Å². The van der Waals surface area contributed by atoms with Gasteiger partial charge in [-0.2, -0.15) is 0 Å². The van der Waals surface area contributed by atoms with E-state index in [1.54, 1.807) is 25.3 Å². The summed E-state index contributed by atoms with van der Waals surface area (Å²) in [5.41, 5.74) is 5.84. The van der Waals surface area contributed by atoms with E-state index in [-0.39, 0.29) is 18.0 Å². The molecule has 5 nitrogen and oxygen atoms in total. The van der Waals surface area contributed by atoms with Gasteiger partial charge < -0.3 is 10.5 Å². The molecule has 0 saturated carbocycles. The van der Waals surface area contributed by atoms with Crippen molar-refractivity contribution < 1.29 is 18.3 Å². The average molecular weight is 359 g/mol. The van der Waals surface area contributed by atoms with E-state index in [1.165, 1.54) is 18.0 Å². The molecule has 0 fully saturated rings. The van der Waals surface area contributed by atoms with E-state index in [0.29, 0.717) is 11.3 Å². The van der Waals surface area contributed by atoms with Crippen LogP contribution in [0.3, 0.4) is 0 Å². The zero-order valence-electron chi connectivity index (χ0n) is 14.7. The van der Waals surface area contributed by atoms with E-state index in [0.717, 1.165) is 17.7 Å².